The zero-order chi connectivity index (χ0) is 27.7. The molecule has 204 valence electrons. The third-order valence-corrected chi connectivity index (χ3v) is 7.81. The van der Waals surface area contributed by atoms with Crippen LogP contribution < -0.4 is 10.6 Å². The summed E-state index contributed by atoms with van der Waals surface area (Å²) in [5, 5.41) is 24.8. The van der Waals surface area contributed by atoms with Crippen LogP contribution in [0, 0.1) is 5.41 Å². The summed E-state index contributed by atoms with van der Waals surface area (Å²) in [6, 6.07) is 10.4. The smallest absolute Gasteiger partial charge is 0.301 e. The van der Waals surface area contributed by atoms with Gasteiger partial charge < -0.3 is 20.5 Å². The maximum absolute atomic E-state index is 14.6. The molecule has 38 heavy (non-hydrogen) atoms. The van der Waals surface area contributed by atoms with E-state index in [-0.39, 0.29) is 35.0 Å². The summed E-state index contributed by atoms with van der Waals surface area (Å²) in [4.78, 5) is 27.9. The number of alkyl halides is 2. The monoisotopic (exact) mass is 528 g/mol. The van der Waals surface area contributed by atoms with Gasteiger partial charge in [0.25, 0.3) is 5.91 Å². The van der Waals surface area contributed by atoms with Crippen LogP contribution in [0.5, 0.6) is 0 Å². The number of amides is 2. The maximum atomic E-state index is 14.6. The minimum Gasteiger partial charge on any atom is -0.385 e. The van der Waals surface area contributed by atoms with Gasteiger partial charge in [-0.1, -0.05) is 50.2 Å². The van der Waals surface area contributed by atoms with Crippen molar-refractivity contribution in [2.45, 2.75) is 69.2 Å². The minimum absolute atomic E-state index is 0.00572. The van der Waals surface area contributed by atoms with Crippen LogP contribution in [0.3, 0.4) is 0 Å². The molecular weight excluding hydrogens is 494 g/mol. The number of rotatable bonds is 9. The van der Waals surface area contributed by atoms with E-state index in [4.69, 9.17) is 10.1 Å². The van der Waals surface area contributed by atoms with Gasteiger partial charge in [0.05, 0.1) is 18.5 Å². The number of guanidine groups is 1. The Bertz CT molecular complexity index is 1200. The van der Waals surface area contributed by atoms with Crippen molar-refractivity contribution in [3.05, 3.63) is 70.8 Å². The van der Waals surface area contributed by atoms with Gasteiger partial charge in [-0.2, -0.15) is 8.78 Å². The molecule has 1 fully saturated rings. The summed E-state index contributed by atoms with van der Waals surface area (Å²) in [5.74, 6) is -4.33. The first-order valence-corrected chi connectivity index (χ1v) is 12.8. The molecule has 2 aromatic rings. The molecule has 3 atom stereocenters. The summed E-state index contributed by atoms with van der Waals surface area (Å²) in [7, 11) is 1.54. The quantitative estimate of drug-likeness (QED) is 0.393. The van der Waals surface area contributed by atoms with Gasteiger partial charge in [0.15, 0.2) is 5.96 Å². The number of nitrogens with zero attached hydrogens (tertiary/aromatic N) is 1. The largest absolute Gasteiger partial charge is 0.385 e. The van der Waals surface area contributed by atoms with Crippen LogP contribution in [0.15, 0.2) is 48.5 Å². The Morgan fingerprint density at radius 1 is 1.24 bits per heavy atom. The van der Waals surface area contributed by atoms with Gasteiger partial charge in [0.2, 0.25) is 5.91 Å². The summed E-state index contributed by atoms with van der Waals surface area (Å²) < 4.78 is 34.5. The normalized spacial score (nSPS) is 22.5. The molecule has 1 aliphatic carbocycles. The number of carbonyl (C=O) groups is 2. The maximum Gasteiger partial charge on any atom is 0.301 e. The van der Waals surface area contributed by atoms with E-state index in [1.165, 1.54) is 23.1 Å². The van der Waals surface area contributed by atoms with Gasteiger partial charge in [-0.25, -0.2) is 0 Å². The second-order valence-corrected chi connectivity index (χ2v) is 9.93. The SMILES string of the molecule is CCC1(CC)CC(=O)N([C@H](CCOC)c2cccc(C(=O)NC3c4ccccc4C(F)(F)C3O)c2)C(=N)N1. The summed E-state index contributed by atoms with van der Waals surface area (Å²) in [6.07, 6.45) is -0.0997. The van der Waals surface area contributed by atoms with Crippen molar-refractivity contribution >= 4 is 17.8 Å². The molecule has 1 aliphatic heterocycles. The number of halogens is 2. The van der Waals surface area contributed by atoms with E-state index >= 15 is 0 Å². The van der Waals surface area contributed by atoms with Crippen molar-refractivity contribution in [1.82, 2.24) is 15.5 Å². The highest BCUT2D eigenvalue weighted by molar-refractivity contribution is 6.00. The fraction of sp³-hybridized carbons (Fsp3) is 0.464. The van der Waals surface area contributed by atoms with Gasteiger partial charge in [0, 0.05) is 30.4 Å². The molecular formula is C28H34F2N4O4. The van der Waals surface area contributed by atoms with Crippen LogP contribution in [-0.4, -0.2) is 53.1 Å². The lowest BCUT2D eigenvalue weighted by atomic mass is 9.86. The minimum atomic E-state index is -3.49. The Balaban J connectivity index is 1.61. The van der Waals surface area contributed by atoms with Crippen molar-refractivity contribution in [3.8, 4) is 0 Å². The molecule has 1 saturated heterocycles. The zero-order valence-electron chi connectivity index (χ0n) is 21.8. The number of aliphatic hydroxyl groups is 1. The molecule has 4 N–H and O–H groups in total. The highest BCUT2D eigenvalue weighted by Gasteiger charge is 2.54. The number of ether oxygens (including phenoxy) is 1. The lowest BCUT2D eigenvalue weighted by molar-refractivity contribution is -0.133. The third-order valence-electron chi connectivity index (χ3n) is 7.81. The van der Waals surface area contributed by atoms with Gasteiger partial charge in [-0.3, -0.25) is 19.9 Å². The van der Waals surface area contributed by atoms with E-state index in [1.807, 2.05) is 13.8 Å². The number of nitrogens with one attached hydrogen (secondary N) is 3. The highest BCUT2D eigenvalue weighted by atomic mass is 19.3. The first-order valence-electron chi connectivity index (χ1n) is 12.8. The lowest BCUT2D eigenvalue weighted by Gasteiger charge is -2.45. The van der Waals surface area contributed by atoms with Crippen LogP contribution in [-0.2, 0) is 15.5 Å². The Hall–Kier alpha value is -3.37. The molecule has 0 bridgehead atoms. The topological polar surface area (TPSA) is 115 Å². The Morgan fingerprint density at radius 2 is 1.95 bits per heavy atom. The van der Waals surface area contributed by atoms with Gasteiger partial charge in [0.1, 0.15) is 6.10 Å². The molecule has 2 aromatic carbocycles. The van der Waals surface area contributed by atoms with E-state index < -0.39 is 35.6 Å². The average Bonchev–Trinajstić information content (AvgIpc) is 3.10. The predicted molar refractivity (Wildman–Crippen MR) is 138 cm³/mol. The fourth-order valence-corrected chi connectivity index (χ4v) is 5.41. The summed E-state index contributed by atoms with van der Waals surface area (Å²) in [5.41, 5.74) is 0.175. The lowest BCUT2D eigenvalue weighted by Crippen LogP contribution is -2.62. The molecule has 0 radical (unpaired) electrons. The van der Waals surface area contributed by atoms with Crippen molar-refractivity contribution in [1.29, 1.82) is 5.41 Å². The molecule has 10 heteroatoms. The van der Waals surface area contributed by atoms with E-state index in [0.717, 1.165) is 0 Å². The number of hydrogen-bond acceptors (Lipinski definition) is 5. The molecule has 8 nitrogen and oxygen atoms in total. The summed E-state index contributed by atoms with van der Waals surface area (Å²) >= 11 is 0. The standard InChI is InChI=1S/C28H34F2N4O4/c1-4-27(5-2)16-22(35)34(26(31)33-27)21(13-14-38-3)17-9-8-10-18(15-17)25(37)32-23-19-11-6-7-12-20(19)28(29,30)24(23)36/h6-12,15,21,23-24,36H,4-5,13-14,16H2,1-3H3,(H2,31,33)(H,32,37)/t21-,23?,24?/m1/s1. The molecule has 1 heterocycles. The van der Waals surface area contributed by atoms with Crippen molar-refractivity contribution in [2.24, 2.45) is 0 Å². The number of fused-ring (bicyclic) bond motifs is 1. The van der Waals surface area contributed by atoms with Crippen LogP contribution in [0.2, 0.25) is 0 Å². The molecule has 0 spiro atoms. The number of carbonyl (C=O) groups excluding carboxylic acids is 2. The highest BCUT2D eigenvalue weighted by Crippen LogP contribution is 2.47. The van der Waals surface area contributed by atoms with E-state index in [9.17, 15) is 23.5 Å². The Morgan fingerprint density at radius 3 is 2.61 bits per heavy atom. The molecule has 2 aliphatic rings. The average molecular weight is 529 g/mol. The summed E-state index contributed by atoms with van der Waals surface area (Å²) in [6.45, 7) is 4.27. The van der Waals surface area contributed by atoms with E-state index in [2.05, 4.69) is 10.6 Å². The van der Waals surface area contributed by atoms with Crippen LogP contribution >= 0.6 is 0 Å². The van der Waals surface area contributed by atoms with E-state index in [1.54, 1.807) is 37.4 Å². The number of hydrogen-bond donors (Lipinski definition) is 4. The van der Waals surface area contributed by atoms with Gasteiger partial charge >= 0.3 is 5.92 Å². The molecule has 0 aromatic heterocycles. The number of methoxy groups -OCH3 is 1. The fourth-order valence-electron chi connectivity index (χ4n) is 5.41. The van der Waals surface area contributed by atoms with Gasteiger partial charge in [-0.05, 0) is 42.5 Å². The second-order valence-electron chi connectivity index (χ2n) is 9.93. The molecule has 0 saturated carbocycles. The molecule has 4 rings (SSSR count). The second kappa shape index (κ2) is 10.8. The van der Waals surface area contributed by atoms with Crippen molar-refractivity contribution < 1.29 is 28.2 Å². The first-order chi connectivity index (χ1) is 18.1. The zero-order valence-corrected chi connectivity index (χ0v) is 21.8. The number of benzene rings is 2. The van der Waals surface area contributed by atoms with E-state index in [0.29, 0.717) is 31.4 Å². The van der Waals surface area contributed by atoms with Crippen molar-refractivity contribution in [3.63, 3.8) is 0 Å². The van der Waals surface area contributed by atoms with Crippen LogP contribution in [0.4, 0.5) is 8.78 Å². The molecule has 2 amide bonds. The molecule has 2 unspecified atom stereocenters. The number of aliphatic hydroxyl groups excluding tert-OH is 1. The van der Waals surface area contributed by atoms with Crippen LogP contribution in [0.1, 0.15) is 78.7 Å². The Labute approximate surface area is 220 Å². The Kier molecular flexibility index (Phi) is 7.85. The first kappa shape index (κ1) is 27.7. The van der Waals surface area contributed by atoms with Crippen LogP contribution in [0.25, 0.3) is 0 Å². The van der Waals surface area contributed by atoms with Gasteiger partial charge in [-0.15, -0.1) is 0 Å². The third kappa shape index (κ3) is 4.90. The predicted octanol–water partition coefficient (Wildman–Crippen LogP) is 4.02. The van der Waals surface area contributed by atoms with Crippen molar-refractivity contribution in [2.75, 3.05) is 13.7 Å².